The van der Waals surface area contributed by atoms with E-state index in [1.54, 1.807) is 0 Å². The summed E-state index contributed by atoms with van der Waals surface area (Å²) in [6.07, 6.45) is -12.3. The van der Waals surface area contributed by atoms with E-state index in [4.69, 9.17) is 10.8 Å². The second-order valence-electron chi connectivity index (χ2n) is 3.69. The van der Waals surface area contributed by atoms with E-state index in [0.717, 1.165) is 0 Å². The molecule has 0 spiro atoms. The summed E-state index contributed by atoms with van der Waals surface area (Å²) < 4.78 is 96.9. The molecule has 0 aliphatic rings. The average molecular weight is 322 g/mol. The molecular weight excluding hydrogens is 316 g/mol. The van der Waals surface area contributed by atoms with E-state index in [9.17, 15) is 35.1 Å². The largest absolute Gasteiger partial charge is 0.768 e. The van der Waals surface area contributed by atoms with E-state index in [1.165, 1.54) is 0 Å². The van der Waals surface area contributed by atoms with Gasteiger partial charge < -0.3 is 15.4 Å². The minimum Gasteiger partial charge on any atom is -0.768 e. The van der Waals surface area contributed by atoms with Gasteiger partial charge in [0.2, 0.25) is 0 Å². The first-order valence-electron chi connectivity index (χ1n) is 4.67. The van der Waals surface area contributed by atoms with Crippen molar-refractivity contribution in [3.63, 3.8) is 0 Å². The first kappa shape index (κ1) is 16.7. The van der Waals surface area contributed by atoms with Crippen LogP contribution in [0.2, 0.25) is 0 Å². The molecule has 1 aromatic rings. The van der Waals surface area contributed by atoms with Gasteiger partial charge in [0.05, 0.1) is 0 Å². The highest BCUT2D eigenvalue weighted by Crippen LogP contribution is 2.51. The third kappa shape index (κ3) is 2.60. The van der Waals surface area contributed by atoms with Crippen LogP contribution < -0.4 is 5.73 Å². The molecule has 4 nitrogen and oxygen atoms in total. The maximum atomic E-state index is 12.6. The monoisotopic (exact) mass is 322 g/mol. The molecule has 20 heavy (non-hydrogen) atoms. The molecule has 3 N–H and O–H groups in total. The van der Waals surface area contributed by atoms with Crippen LogP contribution in [-0.4, -0.2) is 26.2 Å². The van der Waals surface area contributed by atoms with E-state index < -0.39 is 45.2 Å². The lowest BCUT2D eigenvalue weighted by atomic mass is 9.91. The van der Waals surface area contributed by atoms with Crippen molar-refractivity contribution in [1.29, 1.82) is 0 Å². The lowest BCUT2D eigenvalue weighted by Crippen LogP contribution is -2.54. The van der Waals surface area contributed by atoms with Gasteiger partial charge in [0, 0.05) is 16.1 Å². The Morgan fingerprint density at radius 2 is 1.55 bits per heavy atom. The fraction of sp³-hybridized carbons (Fsp3) is 0.333. The van der Waals surface area contributed by atoms with Crippen molar-refractivity contribution in [1.82, 2.24) is 0 Å². The lowest BCUT2D eigenvalue weighted by Gasteiger charge is -2.33. The average Bonchev–Trinajstić information content (AvgIpc) is 2.25. The quantitative estimate of drug-likeness (QED) is 0.494. The van der Waals surface area contributed by atoms with Gasteiger partial charge in [-0.3, -0.25) is 4.21 Å². The molecule has 0 saturated heterocycles. The number of anilines is 1. The van der Waals surface area contributed by atoms with Crippen molar-refractivity contribution in [2.45, 2.75) is 22.8 Å². The van der Waals surface area contributed by atoms with Gasteiger partial charge in [0.1, 0.15) is 0 Å². The van der Waals surface area contributed by atoms with Crippen molar-refractivity contribution in [2.75, 3.05) is 5.73 Å². The number of halogens is 6. The number of alkyl halides is 6. The number of rotatable bonds is 2. The summed E-state index contributed by atoms with van der Waals surface area (Å²) in [5.41, 5.74) is -3.09. The lowest BCUT2D eigenvalue weighted by molar-refractivity contribution is -0.376. The van der Waals surface area contributed by atoms with E-state index in [1.807, 2.05) is 0 Å². The zero-order chi connectivity index (χ0) is 15.9. The summed E-state index contributed by atoms with van der Waals surface area (Å²) in [5.74, 6) is 0. The highest BCUT2D eigenvalue weighted by molar-refractivity contribution is 7.79. The molecule has 1 unspecified atom stereocenters. The molecule has 114 valence electrons. The summed E-state index contributed by atoms with van der Waals surface area (Å²) in [4.78, 5) is -0.874. The summed E-state index contributed by atoms with van der Waals surface area (Å²) >= 11 is -3.09. The third-order valence-corrected chi connectivity index (χ3v) is 3.07. The Labute approximate surface area is 110 Å². The standard InChI is InChI=1S/C9H7F6NO3S/c10-8(11,12)7(17,9(13,14)15)5-3-4(20(18)19)1-2-6(5)16/h1-3,17H,16H2,(H,18,19)/p-1. The first-order chi connectivity index (χ1) is 8.82. The van der Waals surface area contributed by atoms with Gasteiger partial charge in [-0.2, -0.15) is 26.3 Å². The van der Waals surface area contributed by atoms with Crippen LogP contribution in [0.4, 0.5) is 32.0 Å². The van der Waals surface area contributed by atoms with Crippen LogP contribution in [0.25, 0.3) is 0 Å². The Morgan fingerprint density at radius 3 is 1.90 bits per heavy atom. The van der Waals surface area contributed by atoms with Crippen molar-refractivity contribution in [3.8, 4) is 0 Å². The Balaban J connectivity index is 3.67. The number of nitrogens with two attached hydrogens (primary N) is 1. The summed E-state index contributed by atoms with van der Waals surface area (Å²) in [6.45, 7) is 0. The molecule has 0 aliphatic carbocycles. The summed E-state index contributed by atoms with van der Waals surface area (Å²) in [6, 6.07) is 1.26. The van der Waals surface area contributed by atoms with Crippen molar-refractivity contribution < 1.29 is 40.2 Å². The second-order valence-corrected chi connectivity index (χ2v) is 4.63. The number of hydrogen-bond donors (Lipinski definition) is 2. The van der Waals surface area contributed by atoms with Gasteiger partial charge >= 0.3 is 12.4 Å². The van der Waals surface area contributed by atoms with Gasteiger partial charge in [0.15, 0.2) is 0 Å². The van der Waals surface area contributed by atoms with Gasteiger partial charge in [0.25, 0.3) is 5.60 Å². The maximum Gasteiger partial charge on any atom is 0.430 e. The highest BCUT2D eigenvalue weighted by atomic mass is 32.2. The Hall–Kier alpha value is -1.33. The molecule has 1 rings (SSSR count). The molecule has 0 heterocycles. The molecule has 1 atom stereocenters. The van der Waals surface area contributed by atoms with Gasteiger partial charge in [-0.1, -0.05) is 0 Å². The molecule has 1 aromatic carbocycles. The highest BCUT2D eigenvalue weighted by Gasteiger charge is 2.72. The molecule has 0 fully saturated rings. The fourth-order valence-electron chi connectivity index (χ4n) is 1.42. The molecule has 11 heteroatoms. The number of benzene rings is 1. The predicted molar refractivity (Wildman–Crippen MR) is 54.0 cm³/mol. The van der Waals surface area contributed by atoms with Crippen LogP contribution in [-0.2, 0) is 16.7 Å². The zero-order valence-electron chi connectivity index (χ0n) is 9.25. The van der Waals surface area contributed by atoms with Crippen LogP contribution >= 0.6 is 0 Å². The van der Waals surface area contributed by atoms with Crippen molar-refractivity contribution in [2.24, 2.45) is 0 Å². The van der Waals surface area contributed by atoms with E-state index in [-0.39, 0.29) is 6.07 Å². The van der Waals surface area contributed by atoms with Crippen LogP contribution in [0, 0.1) is 0 Å². The first-order valence-corrected chi connectivity index (χ1v) is 5.75. The molecule has 0 radical (unpaired) electrons. The van der Waals surface area contributed by atoms with Crippen LogP contribution in [0.1, 0.15) is 5.56 Å². The summed E-state index contributed by atoms with van der Waals surface area (Å²) in [5, 5.41) is 9.11. The van der Waals surface area contributed by atoms with Crippen LogP contribution in [0.5, 0.6) is 0 Å². The van der Waals surface area contributed by atoms with Crippen LogP contribution in [0.3, 0.4) is 0 Å². The SMILES string of the molecule is Nc1ccc(S(=O)[O-])cc1C(O)(C(F)(F)F)C(F)(F)F. The van der Waals surface area contributed by atoms with Gasteiger partial charge in [-0.05, 0) is 29.3 Å². The van der Waals surface area contributed by atoms with E-state index >= 15 is 0 Å². The molecule has 0 aromatic heterocycles. The van der Waals surface area contributed by atoms with Crippen molar-refractivity contribution >= 4 is 16.8 Å². The minimum absolute atomic E-state index is 0.0272. The fourth-order valence-corrected chi connectivity index (χ4v) is 1.81. The second kappa shape index (κ2) is 4.90. The number of nitrogen functional groups attached to an aromatic ring is 1. The molecule has 0 aliphatic heterocycles. The number of hydrogen-bond acceptors (Lipinski definition) is 4. The Kier molecular flexibility index (Phi) is 4.09. The van der Waals surface area contributed by atoms with Crippen LogP contribution in [0.15, 0.2) is 23.1 Å². The summed E-state index contributed by atoms with van der Waals surface area (Å²) in [7, 11) is 0. The topological polar surface area (TPSA) is 86.4 Å². The Morgan fingerprint density at radius 1 is 1.10 bits per heavy atom. The van der Waals surface area contributed by atoms with E-state index in [0.29, 0.717) is 12.1 Å². The molecule has 0 amide bonds. The molecular formula is C9H6F6NO3S-. The molecule has 0 bridgehead atoms. The Bertz CT molecular complexity index is 527. The normalized spacial score (nSPS) is 15.2. The van der Waals surface area contributed by atoms with Crippen molar-refractivity contribution in [3.05, 3.63) is 23.8 Å². The van der Waals surface area contributed by atoms with Gasteiger partial charge in [-0.15, -0.1) is 0 Å². The maximum absolute atomic E-state index is 12.6. The number of aliphatic hydroxyl groups is 1. The van der Waals surface area contributed by atoms with Gasteiger partial charge in [-0.25, -0.2) is 0 Å². The van der Waals surface area contributed by atoms with E-state index in [2.05, 4.69) is 0 Å². The predicted octanol–water partition coefficient (Wildman–Crippen LogP) is 1.82. The minimum atomic E-state index is -6.14. The zero-order valence-corrected chi connectivity index (χ0v) is 10.1. The third-order valence-electron chi connectivity index (χ3n) is 2.43. The molecule has 0 saturated carbocycles. The smallest absolute Gasteiger partial charge is 0.430 e.